The molecule has 0 saturated heterocycles. The number of benzene rings is 2. The molecule has 0 atom stereocenters. The van der Waals surface area contributed by atoms with Gasteiger partial charge in [-0.25, -0.2) is 4.39 Å². The fourth-order valence-electron chi connectivity index (χ4n) is 3.16. The van der Waals surface area contributed by atoms with Gasteiger partial charge in [0.15, 0.2) is 0 Å². The molecule has 0 N–H and O–H groups in total. The third-order valence-corrected chi connectivity index (χ3v) is 6.07. The van der Waals surface area contributed by atoms with E-state index in [2.05, 4.69) is 10.2 Å². The van der Waals surface area contributed by atoms with Crippen molar-refractivity contribution < 1.29 is 13.6 Å². The van der Waals surface area contributed by atoms with Gasteiger partial charge in [-0.1, -0.05) is 48.9 Å². The van der Waals surface area contributed by atoms with Crippen molar-refractivity contribution in [2.45, 2.75) is 19.9 Å². The van der Waals surface area contributed by atoms with Crippen LogP contribution in [0.1, 0.15) is 28.9 Å². The number of carbonyl (C=O) groups is 1. The zero-order valence-electron chi connectivity index (χ0n) is 16.7. The highest BCUT2D eigenvalue weighted by atomic mass is 35.5. The van der Waals surface area contributed by atoms with E-state index in [0.717, 1.165) is 6.42 Å². The molecule has 1 amide bonds. The molecule has 0 radical (unpaired) electrons. The van der Waals surface area contributed by atoms with Crippen molar-refractivity contribution in [3.8, 4) is 21.9 Å². The van der Waals surface area contributed by atoms with E-state index in [0.29, 0.717) is 44.2 Å². The minimum absolute atomic E-state index is 0.160. The van der Waals surface area contributed by atoms with Gasteiger partial charge in [-0.3, -0.25) is 4.79 Å². The topological polar surface area (TPSA) is 59.2 Å². The van der Waals surface area contributed by atoms with Crippen LogP contribution in [0.2, 0.25) is 5.02 Å². The maximum atomic E-state index is 14.1. The molecule has 158 valence electrons. The summed E-state index contributed by atoms with van der Waals surface area (Å²) in [6.45, 7) is 2.69. The second-order valence-electron chi connectivity index (χ2n) is 6.85. The fraction of sp³-hybridized carbons (Fsp3) is 0.174. The summed E-state index contributed by atoms with van der Waals surface area (Å²) in [7, 11) is 0. The maximum absolute atomic E-state index is 14.1. The average molecular weight is 456 g/mol. The SMILES string of the molecule is CCCN(Cc1nnc(-c2ccccc2Cl)o1)C(=O)c1ccc(-c2ccccc2F)s1. The maximum Gasteiger partial charge on any atom is 0.264 e. The summed E-state index contributed by atoms with van der Waals surface area (Å²) >= 11 is 7.46. The quantitative estimate of drug-likeness (QED) is 0.327. The van der Waals surface area contributed by atoms with E-state index in [9.17, 15) is 9.18 Å². The summed E-state index contributed by atoms with van der Waals surface area (Å²) in [5.74, 6) is 0.156. The molecular weight excluding hydrogens is 437 g/mol. The number of aromatic nitrogens is 2. The van der Waals surface area contributed by atoms with Crippen molar-refractivity contribution in [2.75, 3.05) is 6.54 Å². The molecule has 0 aliphatic rings. The largest absolute Gasteiger partial charge is 0.419 e. The van der Waals surface area contributed by atoms with Crippen molar-refractivity contribution >= 4 is 28.8 Å². The lowest BCUT2D eigenvalue weighted by atomic mass is 10.2. The standard InChI is InChI=1S/C23H19ClFN3O2S/c1-2-13-28(14-21-26-27-22(30-21)15-7-3-5-9-17(15)24)23(29)20-12-11-19(31-20)16-8-4-6-10-18(16)25/h3-12H,2,13-14H2,1H3. The van der Waals surface area contributed by atoms with Crippen LogP contribution >= 0.6 is 22.9 Å². The molecule has 0 spiro atoms. The molecule has 0 saturated carbocycles. The lowest BCUT2D eigenvalue weighted by molar-refractivity contribution is 0.0733. The van der Waals surface area contributed by atoms with Crippen LogP contribution in [0, 0.1) is 5.82 Å². The molecule has 2 aromatic carbocycles. The van der Waals surface area contributed by atoms with Gasteiger partial charge in [0.1, 0.15) is 5.82 Å². The monoisotopic (exact) mass is 455 g/mol. The van der Waals surface area contributed by atoms with Gasteiger partial charge in [0.05, 0.1) is 22.0 Å². The molecule has 0 fully saturated rings. The number of rotatable bonds is 7. The third kappa shape index (κ3) is 4.68. The summed E-state index contributed by atoms with van der Waals surface area (Å²) in [6, 6.07) is 17.2. The van der Waals surface area contributed by atoms with Crippen molar-refractivity contribution in [3.63, 3.8) is 0 Å². The van der Waals surface area contributed by atoms with Crippen LogP contribution in [0.25, 0.3) is 21.9 Å². The summed E-state index contributed by atoms with van der Waals surface area (Å²) in [5.41, 5.74) is 1.12. The van der Waals surface area contributed by atoms with Gasteiger partial charge >= 0.3 is 0 Å². The number of carbonyl (C=O) groups excluding carboxylic acids is 1. The van der Waals surface area contributed by atoms with Crippen LogP contribution in [0.3, 0.4) is 0 Å². The van der Waals surface area contributed by atoms with Gasteiger partial charge in [0.25, 0.3) is 5.91 Å². The van der Waals surface area contributed by atoms with E-state index in [1.807, 2.05) is 19.1 Å². The number of hydrogen-bond donors (Lipinski definition) is 0. The van der Waals surface area contributed by atoms with E-state index in [1.54, 1.807) is 47.4 Å². The predicted octanol–water partition coefficient (Wildman–Crippen LogP) is 6.31. The Hall–Kier alpha value is -3.03. The number of nitrogens with zero attached hydrogens (tertiary/aromatic N) is 3. The Morgan fingerprint density at radius 1 is 1.06 bits per heavy atom. The molecule has 0 unspecified atom stereocenters. The van der Waals surface area contributed by atoms with E-state index in [-0.39, 0.29) is 18.3 Å². The Balaban J connectivity index is 1.54. The van der Waals surface area contributed by atoms with Crippen LogP contribution in [-0.4, -0.2) is 27.5 Å². The van der Waals surface area contributed by atoms with Crippen LogP contribution in [-0.2, 0) is 6.54 Å². The van der Waals surface area contributed by atoms with Crippen molar-refractivity contribution in [2.24, 2.45) is 0 Å². The van der Waals surface area contributed by atoms with Gasteiger partial charge in [-0.2, -0.15) is 0 Å². The van der Waals surface area contributed by atoms with Gasteiger partial charge in [0, 0.05) is 17.0 Å². The first kappa shape index (κ1) is 21.2. The van der Waals surface area contributed by atoms with Gasteiger partial charge in [0.2, 0.25) is 11.8 Å². The fourth-order valence-corrected chi connectivity index (χ4v) is 4.38. The Labute approximate surface area is 188 Å². The van der Waals surface area contributed by atoms with Gasteiger partial charge in [-0.05, 0) is 36.8 Å². The van der Waals surface area contributed by atoms with Crippen LogP contribution in [0.5, 0.6) is 0 Å². The van der Waals surface area contributed by atoms with Gasteiger partial charge < -0.3 is 9.32 Å². The van der Waals surface area contributed by atoms with Crippen LogP contribution in [0.15, 0.2) is 65.1 Å². The number of halogens is 2. The number of amides is 1. The van der Waals surface area contributed by atoms with E-state index >= 15 is 0 Å². The summed E-state index contributed by atoms with van der Waals surface area (Å²) in [6.07, 6.45) is 0.767. The molecule has 2 heterocycles. The Morgan fingerprint density at radius 3 is 2.55 bits per heavy atom. The zero-order valence-corrected chi connectivity index (χ0v) is 18.3. The first-order valence-electron chi connectivity index (χ1n) is 9.78. The minimum Gasteiger partial charge on any atom is -0.419 e. The summed E-state index contributed by atoms with van der Waals surface area (Å²) in [4.78, 5) is 16.0. The number of hydrogen-bond acceptors (Lipinski definition) is 5. The molecule has 0 bridgehead atoms. The van der Waals surface area contributed by atoms with E-state index < -0.39 is 0 Å². The molecule has 2 aromatic heterocycles. The molecular formula is C23H19ClFN3O2S. The minimum atomic E-state index is -0.313. The lowest BCUT2D eigenvalue weighted by Gasteiger charge is -2.19. The molecule has 0 aliphatic carbocycles. The van der Waals surface area contributed by atoms with E-state index in [1.165, 1.54) is 17.4 Å². The van der Waals surface area contributed by atoms with Crippen molar-refractivity contribution in [3.05, 3.63) is 82.3 Å². The molecule has 8 heteroatoms. The van der Waals surface area contributed by atoms with Crippen molar-refractivity contribution in [1.29, 1.82) is 0 Å². The first-order chi connectivity index (χ1) is 15.1. The second kappa shape index (κ2) is 9.41. The molecule has 31 heavy (non-hydrogen) atoms. The molecule has 4 rings (SSSR count). The Bertz CT molecular complexity index is 1210. The average Bonchev–Trinajstić information content (AvgIpc) is 3.44. The Morgan fingerprint density at radius 2 is 1.81 bits per heavy atom. The summed E-state index contributed by atoms with van der Waals surface area (Å²) < 4.78 is 19.9. The van der Waals surface area contributed by atoms with Crippen LogP contribution in [0.4, 0.5) is 4.39 Å². The molecule has 0 aliphatic heterocycles. The predicted molar refractivity (Wildman–Crippen MR) is 119 cm³/mol. The highest BCUT2D eigenvalue weighted by Gasteiger charge is 2.21. The van der Waals surface area contributed by atoms with Crippen molar-refractivity contribution in [1.82, 2.24) is 15.1 Å². The summed E-state index contributed by atoms with van der Waals surface area (Å²) in [5, 5.41) is 8.66. The zero-order chi connectivity index (χ0) is 21.8. The second-order valence-corrected chi connectivity index (χ2v) is 8.34. The normalized spacial score (nSPS) is 10.9. The molecule has 4 aromatic rings. The van der Waals surface area contributed by atoms with E-state index in [4.69, 9.17) is 16.0 Å². The third-order valence-electron chi connectivity index (χ3n) is 4.63. The highest BCUT2D eigenvalue weighted by Crippen LogP contribution is 2.31. The smallest absolute Gasteiger partial charge is 0.264 e. The van der Waals surface area contributed by atoms with Crippen LogP contribution < -0.4 is 0 Å². The first-order valence-corrected chi connectivity index (χ1v) is 11.0. The molecule has 5 nitrogen and oxygen atoms in total. The highest BCUT2D eigenvalue weighted by molar-refractivity contribution is 7.17. The lowest BCUT2D eigenvalue weighted by Crippen LogP contribution is -2.30. The van der Waals surface area contributed by atoms with Gasteiger partial charge in [-0.15, -0.1) is 21.5 Å². The Kier molecular flexibility index (Phi) is 6.44. The number of thiophene rings is 1.